The van der Waals surface area contributed by atoms with Gasteiger partial charge in [0.1, 0.15) is 12.2 Å². The molecule has 1 rings (SSSR count). The number of halogens is 1. The molecule has 0 spiro atoms. The van der Waals surface area contributed by atoms with Gasteiger partial charge >= 0.3 is 0 Å². The van der Waals surface area contributed by atoms with Gasteiger partial charge in [-0.05, 0) is 20.3 Å². The molecule has 0 fully saturated rings. The highest BCUT2D eigenvalue weighted by atomic mass is 35.5. The number of hydrogen-bond acceptors (Lipinski definition) is 2. The molecule has 1 heterocycles. The summed E-state index contributed by atoms with van der Waals surface area (Å²) in [5, 5.41) is 7.83. The van der Waals surface area contributed by atoms with Gasteiger partial charge in [0, 0.05) is 5.54 Å². The zero-order valence-electron chi connectivity index (χ0n) is 8.42. The van der Waals surface area contributed by atoms with Gasteiger partial charge in [-0.1, -0.05) is 13.3 Å². The fourth-order valence-corrected chi connectivity index (χ4v) is 1.77. The van der Waals surface area contributed by atoms with Crippen molar-refractivity contribution in [2.24, 2.45) is 0 Å². The summed E-state index contributed by atoms with van der Waals surface area (Å²) in [6.07, 6.45) is 4.01. The van der Waals surface area contributed by atoms with Gasteiger partial charge in [-0.3, -0.25) is 0 Å². The second kappa shape index (κ2) is 4.09. The molecule has 0 unspecified atom stereocenters. The molecule has 0 bridgehead atoms. The number of nitrogens with zero attached hydrogens (tertiary/aromatic N) is 3. The lowest BCUT2D eigenvalue weighted by atomic mass is 9.99. The summed E-state index contributed by atoms with van der Waals surface area (Å²) in [6.45, 7) is 6.53. The van der Waals surface area contributed by atoms with Crippen molar-refractivity contribution < 1.29 is 0 Å². The van der Waals surface area contributed by atoms with E-state index < -0.39 is 0 Å². The van der Waals surface area contributed by atoms with Crippen LogP contribution in [0.4, 0.5) is 0 Å². The predicted molar refractivity (Wildman–Crippen MR) is 53.8 cm³/mol. The smallest absolute Gasteiger partial charge is 0.148 e. The van der Waals surface area contributed by atoms with Gasteiger partial charge in [-0.15, -0.1) is 21.8 Å². The lowest BCUT2D eigenvalue weighted by Crippen LogP contribution is -2.27. The third-order valence-corrected chi connectivity index (χ3v) is 2.49. The number of alkyl halides is 1. The van der Waals surface area contributed by atoms with Crippen molar-refractivity contribution in [2.75, 3.05) is 0 Å². The molecular weight excluding hydrogens is 186 g/mol. The monoisotopic (exact) mass is 201 g/mol. The molecule has 1 aromatic heterocycles. The summed E-state index contributed by atoms with van der Waals surface area (Å²) in [4.78, 5) is 0. The van der Waals surface area contributed by atoms with Crippen LogP contribution in [0.15, 0.2) is 6.33 Å². The molecular formula is C9H16ClN3. The molecule has 0 N–H and O–H groups in total. The lowest BCUT2D eigenvalue weighted by Gasteiger charge is -2.26. The minimum Gasteiger partial charge on any atom is -0.311 e. The summed E-state index contributed by atoms with van der Waals surface area (Å²) in [7, 11) is 0. The first-order valence-electron chi connectivity index (χ1n) is 4.57. The maximum Gasteiger partial charge on any atom is 0.148 e. The van der Waals surface area contributed by atoms with Crippen LogP contribution in [0.2, 0.25) is 0 Å². The summed E-state index contributed by atoms with van der Waals surface area (Å²) < 4.78 is 2.06. The second-order valence-corrected chi connectivity index (χ2v) is 4.08. The Morgan fingerprint density at radius 2 is 2.23 bits per heavy atom. The van der Waals surface area contributed by atoms with E-state index in [9.17, 15) is 0 Å². The number of rotatable bonds is 4. The Morgan fingerprint density at radius 3 is 2.77 bits per heavy atom. The fraction of sp³-hybridized carbons (Fsp3) is 0.778. The van der Waals surface area contributed by atoms with Gasteiger partial charge in [-0.2, -0.15) is 0 Å². The van der Waals surface area contributed by atoms with Crippen LogP contribution in [0.5, 0.6) is 0 Å². The van der Waals surface area contributed by atoms with Gasteiger partial charge < -0.3 is 4.57 Å². The van der Waals surface area contributed by atoms with E-state index in [1.165, 1.54) is 0 Å². The fourth-order valence-electron chi connectivity index (χ4n) is 1.59. The Hall–Kier alpha value is -0.570. The van der Waals surface area contributed by atoms with Crippen molar-refractivity contribution in [1.82, 2.24) is 14.8 Å². The Morgan fingerprint density at radius 1 is 1.54 bits per heavy atom. The highest BCUT2D eigenvalue weighted by molar-refractivity contribution is 6.16. The van der Waals surface area contributed by atoms with Crippen LogP contribution in [-0.4, -0.2) is 14.8 Å². The van der Waals surface area contributed by atoms with Crippen molar-refractivity contribution in [3.05, 3.63) is 12.2 Å². The quantitative estimate of drug-likeness (QED) is 0.701. The largest absolute Gasteiger partial charge is 0.311 e. The van der Waals surface area contributed by atoms with Gasteiger partial charge in [0.15, 0.2) is 0 Å². The normalized spacial score (nSPS) is 12.0. The van der Waals surface area contributed by atoms with E-state index in [1.54, 1.807) is 6.33 Å². The molecule has 0 aliphatic carbocycles. The van der Waals surface area contributed by atoms with E-state index in [4.69, 9.17) is 11.6 Å². The van der Waals surface area contributed by atoms with Crippen molar-refractivity contribution in [1.29, 1.82) is 0 Å². The summed E-state index contributed by atoms with van der Waals surface area (Å²) in [6, 6.07) is 0. The van der Waals surface area contributed by atoms with Gasteiger partial charge in [-0.25, -0.2) is 0 Å². The van der Waals surface area contributed by atoms with E-state index in [1.807, 2.05) is 0 Å². The maximum absolute atomic E-state index is 5.76. The van der Waals surface area contributed by atoms with Crippen molar-refractivity contribution in [3.8, 4) is 0 Å². The maximum atomic E-state index is 5.76. The number of aromatic nitrogens is 3. The summed E-state index contributed by atoms with van der Waals surface area (Å²) in [5.41, 5.74) is 0.0719. The van der Waals surface area contributed by atoms with E-state index in [2.05, 4.69) is 35.5 Å². The third-order valence-electron chi connectivity index (χ3n) is 2.25. The van der Waals surface area contributed by atoms with E-state index in [-0.39, 0.29) is 5.54 Å². The molecule has 13 heavy (non-hydrogen) atoms. The molecule has 0 aliphatic heterocycles. The Labute approximate surface area is 84.1 Å². The first kappa shape index (κ1) is 10.5. The average Bonchev–Trinajstić information content (AvgIpc) is 2.51. The minimum atomic E-state index is 0.0719. The first-order valence-corrected chi connectivity index (χ1v) is 5.10. The molecule has 0 aromatic carbocycles. The standard InChI is InChI=1S/C9H16ClN3/c1-4-5-9(2,3)13-7-11-12-8(13)6-10/h7H,4-6H2,1-3H3. The minimum absolute atomic E-state index is 0.0719. The second-order valence-electron chi connectivity index (χ2n) is 3.81. The Balaban J connectivity index is 2.91. The topological polar surface area (TPSA) is 30.7 Å². The SMILES string of the molecule is CCCC(C)(C)n1cnnc1CCl. The van der Waals surface area contributed by atoms with Crippen LogP contribution in [0, 0.1) is 0 Å². The predicted octanol–water partition coefficient (Wildman–Crippen LogP) is 2.55. The molecule has 1 aromatic rings. The van der Waals surface area contributed by atoms with Crippen LogP contribution in [0.25, 0.3) is 0 Å². The van der Waals surface area contributed by atoms with Gasteiger partial charge in [0.05, 0.1) is 5.88 Å². The molecule has 0 saturated carbocycles. The summed E-state index contributed by atoms with van der Waals surface area (Å²) in [5.74, 6) is 1.27. The zero-order valence-corrected chi connectivity index (χ0v) is 9.17. The average molecular weight is 202 g/mol. The van der Waals surface area contributed by atoms with Crippen LogP contribution in [0.3, 0.4) is 0 Å². The Bertz CT molecular complexity index is 268. The van der Waals surface area contributed by atoms with E-state index >= 15 is 0 Å². The third kappa shape index (κ3) is 2.21. The van der Waals surface area contributed by atoms with E-state index in [0.717, 1.165) is 18.7 Å². The van der Waals surface area contributed by atoms with E-state index in [0.29, 0.717) is 5.88 Å². The molecule has 0 radical (unpaired) electrons. The van der Waals surface area contributed by atoms with Crippen LogP contribution in [0.1, 0.15) is 39.4 Å². The highest BCUT2D eigenvalue weighted by Crippen LogP contribution is 2.22. The molecule has 74 valence electrons. The highest BCUT2D eigenvalue weighted by Gasteiger charge is 2.21. The zero-order chi connectivity index (χ0) is 9.90. The van der Waals surface area contributed by atoms with Crippen molar-refractivity contribution in [2.45, 2.75) is 45.0 Å². The van der Waals surface area contributed by atoms with Crippen molar-refractivity contribution >= 4 is 11.6 Å². The van der Waals surface area contributed by atoms with Crippen LogP contribution >= 0.6 is 11.6 Å². The Kier molecular flexibility index (Phi) is 3.31. The lowest BCUT2D eigenvalue weighted by molar-refractivity contribution is 0.316. The molecule has 4 heteroatoms. The van der Waals surface area contributed by atoms with Crippen LogP contribution < -0.4 is 0 Å². The summed E-state index contributed by atoms with van der Waals surface area (Å²) >= 11 is 5.76. The van der Waals surface area contributed by atoms with Gasteiger partial charge in [0.2, 0.25) is 0 Å². The van der Waals surface area contributed by atoms with Gasteiger partial charge in [0.25, 0.3) is 0 Å². The molecule has 0 atom stereocenters. The molecule has 0 saturated heterocycles. The first-order chi connectivity index (χ1) is 6.11. The number of hydrogen-bond donors (Lipinski definition) is 0. The van der Waals surface area contributed by atoms with Crippen molar-refractivity contribution in [3.63, 3.8) is 0 Å². The molecule has 3 nitrogen and oxygen atoms in total. The van der Waals surface area contributed by atoms with Crippen LogP contribution in [-0.2, 0) is 11.4 Å². The molecule has 0 amide bonds. The molecule has 0 aliphatic rings.